The Bertz CT molecular complexity index is 369. The molecule has 0 spiro atoms. The van der Waals surface area contributed by atoms with E-state index in [-0.39, 0.29) is 12.5 Å². The van der Waals surface area contributed by atoms with Gasteiger partial charge in [0.1, 0.15) is 12.4 Å². The maximum atomic E-state index is 11.2. The minimum absolute atomic E-state index is 0.104. The first kappa shape index (κ1) is 10.0. The van der Waals surface area contributed by atoms with Crippen molar-refractivity contribution >= 4 is 11.8 Å². The number of nitrogens with zero attached hydrogens (tertiary/aromatic N) is 2. The Balaban J connectivity index is 2.03. The molecule has 1 aliphatic rings. The molecule has 1 aromatic rings. The third-order valence-corrected chi connectivity index (χ3v) is 2.41. The van der Waals surface area contributed by atoms with Gasteiger partial charge in [-0.15, -0.1) is 0 Å². The van der Waals surface area contributed by atoms with Gasteiger partial charge < -0.3 is 10.5 Å². The summed E-state index contributed by atoms with van der Waals surface area (Å²) in [7, 11) is 0. The van der Waals surface area contributed by atoms with E-state index in [2.05, 4.69) is 5.10 Å². The number of anilines is 1. The summed E-state index contributed by atoms with van der Waals surface area (Å²) in [6.07, 6.45) is 2.35. The molecule has 2 rings (SSSR count). The summed E-state index contributed by atoms with van der Waals surface area (Å²) in [6, 6.07) is 1.84. The molecular weight excluding hydrogens is 194 g/mol. The Hall–Kier alpha value is -1.52. The van der Waals surface area contributed by atoms with Gasteiger partial charge >= 0.3 is 5.97 Å². The zero-order chi connectivity index (χ0) is 10.8. The quantitative estimate of drug-likeness (QED) is 0.748. The normalized spacial score (nSPS) is 15.3. The molecular formula is C10H15N3O2. The first-order valence-corrected chi connectivity index (χ1v) is 5.19. The van der Waals surface area contributed by atoms with Crippen molar-refractivity contribution < 1.29 is 9.53 Å². The minimum atomic E-state index is -0.297. The monoisotopic (exact) mass is 209 g/mol. The van der Waals surface area contributed by atoms with E-state index in [9.17, 15) is 4.79 Å². The third kappa shape index (κ3) is 2.29. The fourth-order valence-corrected chi connectivity index (χ4v) is 1.49. The number of hydrogen-bond donors (Lipinski definition) is 1. The molecule has 82 valence electrons. The number of aromatic nitrogens is 2. The summed E-state index contributed by atoms with van der Waals surface area (Å²) in [5.74, 6) is 0.787. The molecule has 0 saturated heterocycles. The summed E-state index contributed by atoms with van der Waals surface area (Å²) in [4.78, 5) is 11.2. The zero-order valence-electron chi connectivity index (χ0n) is 8.77. The van der Waals surface area contributed by atoms with Crippen LogP contribution < -0.4 is 5.73 Å². The van der Waals surface area contributed by atoms with Crippen LogP contribution in [0.15, 0.2) is 6.07 Å². The van der Waals surface area contributed by atoms with E-state index in [0.29, 0.717) is 18.3 Å². The fraction of sp³-hybridized carbons (Fsp3) is 0.600. The second-order valence-electron chi connectivity index (χ2n) is 3.73. The lowest BCUT2D eigenvalue weighted by Gasteiger charge is -2.03. The van der Waals surface area contributed by atoms with E-state index in [1.807, 2.05) is 6.07 Å². The molecule has 1 aromatic heterocycles. The van der Waals surface area contributed by atoms with Gasteiger partial charge in [0.15, 0.2) is 0 Å². The highest BCUT2D eigenvalue weighted by atomic mass is 16.5. The highest BCUT2D eigenvalue weighted by Crippen LogP contribution is 2.39. The number of nitrogens with two attached hydrogens (primary N) is 1. The van der Waals surface area contributed by atoms with Gasteiger partial charge in [-0.25, -0.2) is 4.68 Å². The maximum Gasteiger partial charge on any atom is 0.327 e. The molecule has 15 heavy (non-hydrogen) atoms. The van der Waals surface area contributed by atoms with Crippen molar-refractivity contribution in [3.8, 4) is 0 Å². The molecule has 0 unspecified atom stereocenters. The van der Waals surface area contributed by atoms with Crippen molar-refractivity contribution in [3.63, 3.8) is 0 Å². The van der Waals surface area contributed by atoms with Crippen molar-refractivity contribution in [1.82, 2.24) is 9.78 Å². The van der Waals surface area contributed by atoms with E-state index < -0.39 is 0 Å². The summed E-state index contributed by atoms with van der Waals surface area (Å²) < 4.78 is 6.34. The molecule has 1 saturated carbocycles. The standard InChI is InChI=1S/C10H15N3O2/c1-2-15-10(14)6-13-9(11)5-8(12-13)7-3-4-7/h5,7H,2-4,6,11H2,1H3. The highest BCUT2D eigenvalue weighted by molar-refractivity contribution is 5.69. The van der Waals surface area contributed by atoms with E-state index >= 15 is 0 Å². The van der Waals surface area contributed by atoms with E-state index in [1.165, 1.54) is 17.5 Å². The number of ether oxygens (including phenoxy) is 1. The van der Waals surface area contributed by atoms with Crippen molar-refractivity contribution in [3.05, 3.63) is 11.8 Å². The topological polar surface area (TPSA) is 70.1 Å². The zero-order valence-corrected chi connectivity index (χ0v) is 8.77. The maximum absolute atomic E-state index is 11.2. The number of hydrogen-bond acceptors (Lipinski definition) is 4. The lowest BCUT2D eigenvalue weighted by atomic mass is 10.3. The van der Waals surface area contributed by atoms with E-state index in [0.717, 1.165) is 5.69 Å². The summed E-state index contributed by atoms with van der Waals surface area (Å²) in [6.45, 7) is 2.27. The smallest absolute Gasteiger partial charge is 0.327 e. The lowest BCUT2D eigenvalue weighted by Crippen LogP contribution is -2.16. The van der Waals surface area contributed by atoms with Crippen LogP contribution in [0.2, 0.25) is 0 Å². The Labute approximate surface area is 88.2 Å². The van der Waals surface area contributed by atoms with Crippen LogP contribution in [0, 0.1) is 0 Å². The van der Waals surface area contributed by atoms with Crippen molar-refractivity contribution in [1.29, 1.82) is 0 Å². The van der Waals surface area contributed by atoms with Crippen molar-refractivity contribution in [2.75, 3.05) is 12.3 Å². The van der Waals surface area contributed by atoms with Crippen LogP contribution in [-0.4, -0.2) is 22.4 Å². The number of carbonyl (C=O) groups excluding carboxylic acids is 1. The van der Waals surface area contributed by atoms with Gasteiger partial charge in [0.05, 0.1) is 12.3 Å². The number of nitrogen functional groups attached to an aromatic ring is 1. The van der Waals surface area contributed by atoms with Gasteiger partial charge in [0, 0.05) is 12.0 Å². The van der Waals surface area contributed by atoms with Gasteiger partial charge in [0.2, 0.25) is 0 Å². The molecule has 1 heterocycles. The Kier molecular flexibility index (Phi) is 2.62. The molecule has 0 radical (unpaired) electrons. The van der Waals surface area contributed by atoms with Gasteiger partial charge in [-0.1, -0.05) is 0 Å². The van der Waals surface area contributed by atoms with Crippen LogP contribution in [-0.2, 0) is 16.1 Å². The molecule has 5 nitrogen and oxygen atoms in total. The molecule has 0 amide bonds. The highest BCUT2D eigenvalue weighted by Gasteiger charge is 2.27. The number of rotatable bonds is 4. The molecule has 5 heteroatoms. The lowest BCUT2D eigenvalue weighted by molar-refractivity contribution is -0.144. The van der Waals surface area contributed by atoms with Crippen LogP contribution in [0.1, 0.15) is 31.4 Å². The molecule has 1 fully saturated rings. The molecule has 0 aromatic carbocycles. The third-order valence-electron chi connectivity index (χ3n) is 2.41. The van der Waals surface area contributed by atoms with Gasteiger partial charge in [-0.3, -0.25) is 4.79 Å². The SMILES string of the molecule is CCOC(=O)Cn1nc(C2CC2)cc1N. The molecule has 0 aliphatic heterocycles. The van der Waals surface area contributed by atoms with Crippen LogP contribution in [0.25, 0.3) is 0 Å². The van der Waals surface area contributed by atoms with E-state index in [1.54, 1.807) is 6.92 Å². The second-order valence-corrected chi connectivity index (χ2v) is 3.73. The first-order valence-electron chi connectivity index (χ1n) is 5.19. The van der Waals surface area contributed by atoms with Gasteiger partial charge in [0.25, 0.3) is 0 Å². The van der Waals surface area contributed by atoms with Gasteiger partial charge in [-0.2, -0.15) is 5.10 Å². The van der Waals surface area contributed by atoms with Crippen LogP contribution >= 0.6 is 0 Å². The summed E-state index contributed by atoms with van der Waals surface area (Å²) in [5, 5.41) is 4.28. The summed E-state index contributed by atoms with van der Waals surface area (Å²) in [5.41, 5.74) is 6.74. The fourth-order valence-electron chi connectivity index (χ4n) is 1.49. The van der Waals surface area contributed by atoms with Crippen molar-refractivity contribution in [2.45, 2.75) is 32.2 Å². The first-order chi connectivity index (χ1) is 7.20. The summed E-state index contributed by atoms with van der Waals surface area (Å²) >= 11 is 0. The Morgan fingerprint density at radius 3 is 3.07 bits per heavy atom. The number of esters is 1. The predicted octanol–water partition coefficient (Wildman–Crippen LogP) is 0.906. The predicted molar refractivity (Wildman–Crippen MR) is 55.2 cm³/mol. The van der Waals surface area contributed by atoms with Crippen LogP contribution in [0.5, 0.6) is 0 Å². The number of carbonyl (C=O) groups is 1. The Morgan fingerprint density at radius 2 is 2.47 bits per heavy atom. The minimum Gasteiger partial charge on any atom is -0.465 e. The molecule has 1 aliphatic carbocycles. The average molecular weight is 209 g/mol. The van der Waals surface area contributed by atoms with Gasteiger partial charge in [-0.05, 0) is 19.8 Å². The second kappa shape index (κ2) is 3.92. The van der Waals surface area contributed by atoms with Crippen LogP contribution in [0.4, 0.5) is 5.82 Å². The largest absolute Gasteiger partial charge is 0.465 e. The Morgan fingerprint density at radius 1 is 1.73 bits per heavy atom. The average Bonchev–Trinajstić information content (AvgIpc) is 2.94. The molecule has 0 bridgehead atoms. The van der Waals surface area contributed by atoms with Crippen LogP contribution in [0.3, 0.4) is 0 Å². The van der Waals surface area contributed by atoms with Crippen molar-refractivity contribution in [2.24, 2.45) is 0 Å². The molecule has 0 atom stereocenters. The molecule has 2 N–H and O–H groups in total. The van der Waals surface area contributed by atoms with E-state index in [4.69, 9.17) is 10.5 Å².